The molecule has 0 radical (unpaired) electrons. The minimum atomic E-state index is -1.23. The van der Waals surface area contributed by atoms with Crippen LogP contribution in [-0.4, -0.2) is 11.9 Å². The van der Waals surface area contributed by atoms with E-state index in [1.165, 1.54) is 56.9 Å². The number of quaternary nitrogens is 2. The Kier molecular flexibility index (Phi) is 10.6. The molecule has 0 heterocycles. The largest absolute Gasteiger partial charge is 0.545 e. The molecule has 0 saturated carbocycles. The maximum absolute atomic E-state index is 10.6. The van der Waals surface area contributed by atoms with Crippen molar-refractivity contribution in [3.63, 3.8) is 0 Å². The Morgan fingerprint density at radius 3 is 1.09 bits per heavy atom. The van der Waals surface area contributed by atoms with Gasteiger partial charge in [0.15, 0.2) is 0 Å². The second-order valence-corrected chi connectivity index (χ2v) is 10.7. The van der Waals surface area contributed by atoms with Crippen molar-refractivity contribution < 1.29 is 31.3 Å². The SMILES string of the molecule is C[C@@H]([NH3+])c1ccc2ccccc2c1.C[C@H]([NH3+])c1ccc2ccccc2c1.O=C([O-])c1ccc(-c2ccc(C(=O)[O-])cc2)cc1. The number of benzene rings is 6. The van der Waals surface area contributed by atoms with Crippen LogP contribution in [0.25, 0.3) is 32.7 Å². The van der Waals surface area contributed by atoms with Gasteiger partial charge in [-0.2, -0.15) is 0 Å². The maximum Gasteiger partial charge on any atom is 0.107 e. The fraction of sp³-hybridized carbons (Fsp3) is 0.105. The van der Waals surface area contributed by atoms with Gasteiger partial charge in [0.1, 0.15) is 12.1 Å². The van der Waals surface area contributed by atoms with Gasteiger partial charge in [-0.25, -0.2) is 0 Å². The van der Waals surface area contributed by atoms with Crippen molar-refractivity contribution in [1.82, 2.24) is 0 Å². The molecule has 0 aliphatic heterocycles. The van der Waals surface area contributed by atoms with Crippen molar-refractivity contribution in [2.24, 2.45) is 0 Å². The van der Waals surface area contributed by atoms with Gasteiger partial charge in [0.05, 0.1) is 11.9 Å². The minimum Gasteiger partial charge on any atom is -0.545 e. The van der Waals surface area contributed by atoms with E-state index in [-0.39, 0.29) is 11.1 Å². The molecule has 0 aliphatic carbocycles. The minimum absolute atomic E-state index is 0.102. The van der Waals surface area contributed by atoms with Crippen LogP contribution in [0.3, 0.4) is 0 Å². The van der Waals surface area contributed by atoms with Crippen LogP contribution in [0, 0.1) is 0 Å². The quantitative estimate of drug-likeness (QED) is 0.311. The highest BCUT2D eigenvalue weighted by molar-refractivity contribution is 5.88. The molecular weight excluding hydrogens is 548 g/mol. The summed E-state index contributed by atoms with van der Waals surface area (Å²) in [5.41, 5.74) is 12.4. The molecule has 6 rings (SSSR count). The van der Waals surface area contributed by atoms with Gasteiger partial charge < -0.3 is 31.3 Å². The Morgan fingerprint density at radius 2 is 0.795 bits per heavy atom. The first-order valence-corrected chi connectivity index (χ1v) is 14.4. The summed E-state index contributed by atoms with van der Waals surface area (Å²) in [6.07, 6.45) is 0. The first kappa shape index (κ1) is 31.6. The number of carbonyl (C=O) groups excluding carboxylic acids is 2. The number of hydrogen-bond acceptors (Lipinski definition) is 4. The molecule has 6 nitrogen and oxygen atoms in total. The fourth-order valence-electron chi connectivity index (χ4n) is 4.63. The number of hydrogen-bond donors (Lipinski definition) is 2. The second kappa shape index (κ2) is 14.7. The topological polar surface area (TPSA) is 136 Å². The maximum atomic E-state index is 10.6. The van der Waals surface area contributed by atoms with Crippen molar-refractivity contribution in [2.75, 3.05) is 0 Å². The average molecular weight is 585 g/mol. The van der Waals surface area contributed by atoms with E-state index in [1.54, 1.807) is 24.3 Å². The van der Waals surface area contributed by atoms with Crippen LogP contribution in [0.4, 0.5) is 0 Å². The van der Waals surface area contributed by atoms with E-state index in [0.717, 1.165) is 11.1 Å². The van der Waals surface area contributed by atoms with E-state index in [1.807, 2.05) is 0 Å². The van der Waals surface area contributed by atoms with Crippen LogP contribution in [0.15, 0.2) is 133 Å². The van der Waals surface area contributed by atoms with Crippen molar-refractivity contribution in [3.8, 4) is 11.1 Å². The van der Waals surface area contributed by atoms with E-state index in [2.05, 4.69) is 110 Å². The molecule has 6 N–H and O–H groups in total. The molecule has 0 aromatic heterocycles. The predicted octanol–water partition coefficient (Wildman–Crippen LogP) is 4.37. The molecule has 0 unspecified atom stereocenters. The lowest BCUT2D eigenvalue weighted by atomic mass is 10.0. The number of fused-ring (bicyclic) bond motifs is 2. The van der Waals surface area contributed by atoms with E-state index in [4.69, 9.17) is 0 Å². The zero-order valence-corrected chi connectivity index (χ0v) is 24.9. The molecular formula is C38H36N2O4. The summed E-state index contributed by atoms with van der Waals surface area (Å²) in [7, 11) is 0. The lowest BCUT2D eigenvalue weighted by Gasteiger charge is -2.07. The van der Waals surface area contributed by atoms with Crippen LogP contribution in [0.2, 0.25) is 0 Å². The molecule has 44 heavy (non-hydrogen) atoms. The van der Waals surface area contributed by atoms with Gasteiger partial charge >= 0.3 is 0 Å². The molecule has 6 aromatic rings. The molecule has 0 amide bonds. The molecule has 0 spiro atoms. The molecule has 0 aliphatic rings. The highest BCUT2D eigenvalue weighted by atomic mass is 16.4. The third-order valence-electron chi connectivity index (χ3n) is 7.26. The molecule has 6 heteroatoms. The molecule has 0 saturated heterocycles. The number of carboxylic acid groups (broad SMARTS) is 2. The Labute approximate surface area is 257 Å². The third-order valence-corrected chi connectivity index (χ3v) is 7.26. The zero-order valence-electron chi connectivity index (χ0n) is 24.9. The normalized spacial score (nSPS) is 11.8. The second-order valence-electron chi connectivity index (χ2n) is 10.7. The van der Waals surface area contributed by atoms with E-state index in [0.29, 0.717) is 12.1 Å². The Balaban J connectivity index is 0.000000154. The van der Waals surface area contributed by atoms with Crippen molar-refractivity contribution >= 4 is 33.5 Å². The number of carboxylic acids is 2. The van der Waals surface area contributed by atoms with Gasteiger partial charge in [-0.1, -0.05) is 121 Å². The van der Waals surface area contributed by atoms with Crippen LogP contribution in [-0.2, 0) is 0 Å². The van der Waals surface area contributed by atoms with Crippen LogP contribution in [0.5, 0.6) is 0 Å². The molecule has 2 atom stereocenters. The summed E-state index contributed by atoms with van der Waals surface area (Å²) >= 11 is 0. The van der Waals surface area contributed by atoms with Gasteiger partial charge in [0.25, 0.3) is 0 Å². The van der Waals surface area contributed by atoms with Gasteiger partial charge in [-0.15, -0.1) is 0 Å². The third kappa shape index (κ3) is 8.38. The standard InChI is InChI=1S/C14H10O4.2C12H13N/c15-13(16)11-5-1-9(2-6-11)10-3-7-12(8-4-10)14(17)18;2*1-9(13)11-7-6-10-4-2-3-5-12(10)8-11/h1-8H,(H,15,16)(H,17,18);2*2-9H,13H2,1H3/t;2*9-/m.10/s1. The summed E-state index contributed by atoms with van der Waals surface area (Å²) in [5, 5.41) is 26.4. The highest BCUT2D eigenvalue weighted by Crippen LogP contribution is 2.21. The summed E-state index contributed by atoms with van der Waals surface area (Å²) < 4.78 is 0. The predicted molar refractivity (Wildman–Crippen MR) is 171 cm³/mol. The molecule has 0 bridgehead atoms. The van der Waals surface area contributed by atoms with Crippen molar-refractivity contribution in [3.05, 3.63) is 156 Å². The summed E-state index contributed by atoms with van der Waals surface area (Å²) in [6.45, 7) is 4.23. The first-order chi connectivity index (χ1) is 21.1. The molecule has 6 aromatic carbocycles. The fourth-order valence-corrected chi connectivity index (χ4v) is 4.63. The molecule has 0 fully saturated rings. The van der Waals surface area contributed by atoms with Crippen LogP contribution in [0.1, 0.15) is 57.8 Å². The lowest BCUT2D eigenvalue weighted by molar-refractivity contribution is -0.420. The average Bonchev–Trinajstić information content (AvgIpc) is 3.05. The zero-order chi connectivity index (χ0) is 31.6. The van der Waals surface area contributed by atoms with E-state index >= 15 is 0 Å². The molecule has 222 valence electrons. The van der Waals surface area contributed by atoms with Gasteiger partial charge in [0.2, 0.25) is 0 Å². The first-order valence-electron chi connectivity index (χ1n) is 14.4. The number of rotatable bonds is 5. The van der Waals surface area contributed by atoms with Gasteiger partial charge in [-0.3, -0.25) is 0 Å². The van der Waals surface area contributed by atoms with Crippen molar-refractivity contribution in [1.29, 1.82) is 0 Å². The Bertz CT molecular complexity index is 1720. The lowest BCUT2D eigenvalue weighted by Crippen LogP contribution is -2.51. The smallest absolute Gasteiger partial charge is 0.107 e. The van der Waals surface area contributed by atoms with Crippen molar-refractivity contribution in [2.45, 2.75) is 25.9 Å². The van der Waals surface area contributed by atoms with E-state index in [9.17, 15) is 19.8 Å². The van der Waals surface area contributed by atoms with Gasteiger partial charge in [-0.05, 0) is 69.8 Å². The summed E-state index contributed by atoms with van der Waals surface area (Å²) in [4.78, 5) is 21.2. The number of carbonyl (C=O) groups is 2. The van der Waals surface area contributed by atoms with Gasteiger partial charge in [0, 0.05) is 11.1 Å². The summed E-state index contributed by atoms with van der Waals surface area (Å²) in [5.74, 6) is -2.46. The van der Waals surface area contributed by atoms with Crippen LogP contribution >= 0.6 is 0 Å². The monoisotopic (exact) mass is 584 g/mol. The number of aromatic carboxylic acids is 2. The van der Waals surface area contributed by atoms with Crippen LogP contribution < -0.4 is 21.7 Å². The summed E-state index contributed by atoms with van der Waals surface area (Å²) in [6, 6.07) is 42.9. The Hall–Kier alpha value is -5.30. The highest BCUT2D eigenvalue weighted by Gasteiger charge is 2.03. The Morgan fingerprint density at radius 1 is 0.477 bits per heavy atom. The van der Waals surface area contributed by atoms with E-state index < -0.39 is 11.9 Å².